The van der Waals surface area contributed by atoms with Crippen LogP contribution >= 0.6 is 0 Å². The number of hydrogen-bond donors (Lipinski definition) is 1. The Morgan fingerprint density at radius 2 is 1.79 bits per heavy atom. The molecule has 0 spiro atoms. The average molecular weight is 410 g/mol. The monoisotopic (exact) mass is 410 g/mol. The molecule has 0 bridgehead atoms. The van der Waals surface area contributed by atoms with Crippen molar-refractivity contribution < 1.29 is 23.1 Å². The van der Waals surface area contributed by atoms with Gasteiger partial charge in [0.1, 0.15) is 0 Å². The van der Waals surface area contributed by atoms with Crippen LogP contribution in [-0.2, 0) is 16.6 Å². The number of nitrogens with zero attached hydrogens (tertiary/aromatic N) is 2. The fraction of sp³-hybridized carbons (Fsp3) is 0.682. The summed E-state index contributed by atoms with van der Waals surface area (Å²) >= 11 is 0. The molecular formula is C22H29F3N2O2. The smallest absolute Gasteiger partial charge is 0.385 e. The van der Waals surface area contributed by atoms with Crippen molar-refractivity contribution in [2.75, 3.05) is 26.2 Å². The quantitative estimate of drug-likeness (QED) is 0.822. The van der Waals surface area contributed by atoms with Gasteiger partial charge in [0.05, 0.1) is 11.2 Å². The standard InChI is InChI=1S/C22H29F3N2O2/c23-22(24,25)18-3-1-2-17(14-18)21(29)9-12-26(13-10-21)19-6-7-20(28)27(11-8-19)15-16-4-5-16/h1-3,14,16,19,29H,4-13,15H2. The van der Waals surface area contributed by atoms with E-state index < -0.39 is 17.3 Å². The molecule has 4 rings (SSSR count). The molecule has 2 saturated heterocycles. The lowest BCUT2D eigenvalue weighted by atomic mass is 9.83. The molecule has 4 nitrogen and oxygen atoms in total. The molecule has 3 fully saturated rings. The molecule has 3 aliphatic rings. The van der Waals surface area contributed by atoms with Gasteiger partial charge in [-0.2, -0.15) is 13.2 Å². The van der Waals surface area contributed by atoms with E-state index >= 15 is 0 Å². The van der Waals surface area contributed by atoms with E-state index in [0.29, 0.717) is 49.9 Å². The minimum Gasteiger partial charge on any atom is -0.385 e. The van der Waals surface area contributed by atoms with E-state index in [9.17, 15) is 23.1 Å². The molecule has 29 heavy (non-hydrogen) atoms. The highest BCUT2D eigenvalue weighted by atomic mass is 19.4. The van der Waals surface area contributed by atoms with E-state index in [1.165, 1.54) is 18.9 Å². The number of piperidine rings is 1. The average Bonchev–Trinajstić information content (AvgIpc) is 3.52. The third-order valence-corrected chi connectivity index (χ3v) is 6.82. The lowest BCUT2D eigenvalue weighted by Gasteiger charge is -2.42. The lowest BCUT2D eigenvalue weighted by molar-refractivity contribution is -0.138. The molecule has 1 unspecified atom stereocenters. The number of aliphatic hydroxyl groups is 1. The maximum atomic E-state index is 13.0. The molecule has 0 radical (unpaired) electrons. The number of halogens is 3. The van der Waals surface area contributed by atoms with E-state index in [1.807, 2.05) is 4.90 Å². The number of alkyl halides is 3. The summed E-state index contributed by atoms with van der Waals surface area (Å²) in [7, 11) is 0. The van der Waals surface area contributed by atoms with Crippen LogP contribution in [0.5, 0.6) is 0 Å². The van der Waals surface area contributed by atoms with Crippen molar-refractivity contribution in [1.29, 1.82) is 0 Å². The van der Waals surface area contributed by atoms with Crippen LogP contribution in [0, 0.1) is 5.92 Å². The predicted molar refractivity (Wildman–Crippen MR) is 103 cm³/mol. The molecule has 1 amide bonds. The van der Waals surface area contributed by atoms with E-state index in [1.54, 1.807) is 6.07 Å². The number of carbonyl (C=O) groups excluding carboxylic acids is 1. The van der Waals surface area contributed by atoms with Crippen molar-refractivity contribution in [3.05, 3.63) is 35.4 Å². The van der Waals surface area contributed by atoms with Crippen LogP contribution < -0.4 is 0 Å². The Hall–Kier alpha value is -1.60. The Kier molecular flexibility index (Phi) is 5.64. The van der Waals surface area contributed by atoms with Gasteiger partial charge in [0.15, 0.2) is 0 Å². The van der Waals surface area contributed by atoms with Gasteiger partial charge in [0.2, 0.25) is 5.91 Å². The van der Waals surface area contributed by atoms with Gasteiger partial charge in [-0.25, -0.2) is 0 Å². The summed E-state index contributed by atoms with van der Waals surface area (Å²) < 4.78 is 39.1. The van der Waals surface area contributed by atoms with Crippen molar-refractivity contribution in [3.8, 4) is 0 Å². The summed E-state index contributed by atoms with van der Waals surface area (Å²) in [5, 5.41) is 11.0. The second-order valence-electron chi connectivity index (χ2n) is 8.91. The Morgan fingerprint density at radius 1 is 1.07 bits per heavy atom. The zero-order chi connectivity index (χ0) is 20.6. The molecule has 1 aromatic carbocycles. The lowest BCUT2D eigenvalue weighted by Crippen LogP contribution is -2.47. The normalized spacial score (nSPS) is 26.4. The first-order valence-electron chi connectivity index (χ1n) is 10.7. The van der Waals surface area contributed by atoms with Crippen LogP contribution in [0.2, 0.25) is 0 Å². The van der Waals surface area contributed by atoms with Crippen LogP contribution in [0.4, 0.5) is 13.2 Å². The molecule has 1 aromatic rings. The second kappa shape index (κ2) is 7.91. The van der Waals surface area contributed by atoms with Crippen LogP contribution in [0.3, 0.4) is 0 Å². The number of hydrogen-bond acceptors (Lipinski definition) is 3. The zero-order valence-electron chi connectivity index (χ0n) is 16.6. The Bertz CT molecular complexity index is 740. The van der Waals surface area contributed by atoms with Crippen molar-refractivity contribution in [1.82, 2.24) is 9.80 Å². The fourth-order valence-corrected chi connectivity index (χ4v) is 4.73. The maximum absolute atomic E-state index is 13.0. The highest BCUT2D eigenvalue weighted by Gasteiger charge is 2.39. The fourth-order valence-electron chi connectivity index (χ4n) is 4.73. The SMILES string of the molecule is O=C1CCC(N2CCC(O)(c3cccc(C(F)(F)F)c3)CC2)CCN1CC1CC1. The summed E-state index contributed by atoms with van der Waals surface area (Å²) in [6.07, 6.45) is 1.18. The summed E-state index contributed by atoms with van der Waals surface area (Å²) in [5.74, 6) is 0.935. The number of benzene rings is 1. The van der Waals surface area contributed by atoms with E-state index in [4.69, 9.17) is 0 Å². The number of rotatable bonds is 4. The largest absolute Gasteiger partial charge is 0.416 e. The first-order valence-corrected chi connectivity index (χ1v) is 10.7. The number of likely N-dealkylation sites (tertiary alicyclic amines) is 2. The van der Waals surface area contributed by atoms with Gasteiger partial charge in [-0.3, -0.25) is 4.79 Å². The maximum Gasteiger partial charge on any atom is 0.416 e. The van der Waals surface area contributed by atoms with Gasteiger partial charge in [-0.05, 0) is 62.1 Å². The van der Waals surface area contributed by atoms with Crippen molar-refractivity contribution in [2.24, 2.45) is 5.92 Å². The van der Waals surface area contributed by atoms with Crippen LogP contribution in [-0.4, -0.2) is 53.0 Å². The highest BCUT2D eigenvalue weighted by Crippen LogP contribution is 2.38. The number of amides is 1. The van der Waals surface area contributed by atoms with Gasteiger partial charge >= 0.3 is 6.18 Å². The Balaban J connectivity index is 1.37. The van der Waals surface area contributed by atoms with Gasteiger partial charge in [-0.1, -0.05) is 12.1 Å². The first-order chi connectivity index (χ1) is 13.7. The van der Waals surface area contributed by atoms with Crippen LogP contribution in [0.1, 0.15) is 56.1 Å². The molecular weight excluding hydrogens is 381 g/mol. The Labute approximate surface area is 169 Å². The summed E-state index contributed by atoms with van der Waals surface area (Å²) in [5.41, 5.74) is -1.60. The minimum absolute atomic E-state index is 0.247. The van der Waals surface area contributed by atoms with Gasteiger partial charge < -0.3 is 14.9 Å². The predicted octanol–water partition coefficient (Wildman–Crippen LogP) is 3.78. The topological polar surface area (TPSA) is 43.8 Å². The molecule has 0 aromatic heterocycles. The van der Waals surface area contributed by atoms with E-state index in [0.717, 1.165) is 38.1 Å². The van der Waals surface area contributed by atoms with Crippen molar-refractivity contribution >= 4 is 5.91 Å². The molecule has 2 aliphatic heterocycles. The van der Waals surface area contributed by atoms with Crippen LogP contribution in [0.15, 0.2) is 24.3 Å². The zero-order valence-corrected chi connectivity index (χ0v) is 16.6. The molecule has 1 aliphatic carbocycles. The summed E-state index contributed by atoms with van der Waals surface area (Å²) in [6, 6.07) is 5.38. The van der Waals surface area contributed by atoms with E-state index in [2.05, 4.69) is 4.90 Å². The Morgan fingerprint density at radius 3 is 2.45 bits per heavy atom. The minimum atomic E-state index is -4.41. The summed E-state index contributed by atoms with van der Waals surface area (Å²) in [6.45, 7) is 2.94. The van der Waals surface area contributed by atoms with Crippen molar-refractivity contribution in [3.63, 3.8) is 0 Å². The number of carbonyl (C=O) groups is 1. The molecule has 2 heterocycles. The van der Waals surface area contributed by atoms with E-state index in [-0.39, 0.29) is 5.91 Å². The first kappa shape index (κ1) is 20.7. The van der Waals surface area contributed by atoms with Crippen LogP contribution in [0.25, 0.3) is 0 Å². The third-order valence-electron chi connectivity index (χ3n) is 6.82. The molecule has 7 heteroatoms. The molecule has 1 saturated carbocycles. The van der Waals surface area contributed by atoms with Gasteiger partial charge in [0.25, 0.3) is 0 Å². The molecule has 160 valence electrons. The van der Waals surface area contributed by atoms with Gasteiger partial charge in [-0.15, -0.1) is 0 Å². The highest BCUT2D eigenvalue weighted by molar-refractivity contribution is 5.76. The second-order valence-corrected chi connectivity index (χ2v) is 8.91. The summed E-state index contributed by atoms with van der Waals surface area (Å²) in [4.78, 5) is 16.7. The van der Waals surface area contributed by atoms with Gasteiger partial charge in [0, 0.05) is 38.6 Å². The molecule has 1 atom stereocenters. The molecule has 1 N–H and O–H groups in total. The van der Waals surface area contributed by atoms with Crippen molar-refractivity contribution in [2.45, 2.75) is 62.8 Å². The third kappa shape index (κ3) is 4.77.